The molecule has 0 saturated carbocycles. The minimum atomic E-state index is -0.928. The molecule has 2 unspecified atom stereocenters. The monoisotopic (exact) mass is 231 g/mol. The highest BCUT2D eigenvalue weighted by Gasteiger charge is 2.28. The van der Waals surface area contributed by atoms with E-state index in [1.54, 1.807) is 34.6 Å². The van der Waals surface area contributed by atoms with Crippen molar-refractivity contribution in [2.45, 2.75) is 46.3 Å². The predicted octanol–water partition coefficient (Wildman–Crippen LogP) is 1.96. The first kappa shape index (κ1) is 14.7. The number of hydrogen-bond acceptors (Lipinski definition) is 3. The first-order chi connectivity index (χ1) is 7.06. The van der Waals surface area contributed by atoms with E-state index in [0.29, 0.717) is 0 Å². The Kier molecular flexibility index (Phi) is 4.78. The van der Waals surface area contributed by atoms with Crippen LogP contribution in [0.25, 0.3) is 0 Å². The molecule has 16 heavy (non-hydrogen) atoms. The van der Waals surface area contributed by atoms with Crippen molar-refractivity contribution in [3.8, 4) is 0 Å². The van der Waals surface area contributed by atoms with Crippen LogP contribution < -0.4 is 0 Å². The van der Waals surface area contributed by atoms with E-state index in [9.17, 15) is 9.59 Å². The van der Waals surface area contributed by atoms with Gasteiger partial charge in [0, 0.05) is 13.1 Å². The van der Waals surface area contributed by atoms with Crippen molar-refractivity contribution >= 4 is 12.1 Å². The third kappa shape index (κ3) is 4.51. The number of carbonyl (C=O) groups excluding carboxylic acids is 1. The van der Waals surface area contributed by atoms with Gasteiger partial charge in [-0.15, -0.1) is 0 Å². The molecule has 0 aliphatic carbocycles. The molecule has 5 nitrogen and oxygen atoms in total. The fraction of sp³-hybridized carbons (Fsp3) is 0.818. The number of carbonyl (C=O) groups is 2. The largest absolute Gasteiger partial charge is 0.481 e. The maximum absolute atomic E-state index is 11.6. The van der Waals surface area contributed by atoms with Crippen LogP contribution in [0.2, 0.25) is 0 Å². The zero-order valence-corrected chi connectivity index (χ0v) is 10.8. The van der Waals surface area contributed by atoms with Gasteiger partial charge < -0.3 is 14.7 Å². The first-order valence-corrected chi connectivity index (χ1v) is 5.25. The molecule has 0 radical (unpaired) electrons. The summed E-state index contributed by atoms with van der Waals surface area (Å²) in [4.78, 5) is 23.7. The zero-order chi connectivity index (χ0) is 13.1. The highest BCUT2D eigenvalue weighted by Crippen LogP contribution is 2.14. The number of hydrogen-bond donors (Lipinski definition) is 1. The van der Waals surface area contributed by atoms with Gasteiger partial charge >= 0.3 is 12.1 Å². The van der Waals surface area contributed by atoms with Crippen LogP contribution in [0.5, 0.6) is 0 Å². The topological polar surface area (TPSA) is 66.8 Å². The summed E-state index contributed by atoms with van der Waals surface area (Å²) in [5, 5.41) is 8.84. The fourth-order valence-electron chi connectivity index (χ4n) is 1.04. The Balaban J connectivity index is 4.50. The van der Waals surface area contributed by atoms with Gasteiger partial charge in [-0.2, -0.15) is 0 Å². The van der Waals surface area contributed by atoms with E-state index in [2.05, 4.69) is 0 Å². The zero-order valence-electron chi connectivity index (χ0n) is 10.8. The lowest BCUT2D eigenvalue weighted by atomic mass is 10.0. The van der Waals surface area contributed by atoms with Crippen LogP contribution in [0.4, 0.5) is 4.79 Å². The lowest BCUT2D eigenvalue weighted by Gasteiger charge is -2.30. The van der Waals surface area contributed by atoms with Crippen molar-refractivity contribution in [1.29, 1.82) is 0 Å². The molecule has 0 aromatic heterocycles. The smallest absolute Gasteiger partial charge is 0.410 e. The summed E-state index contributed by atoms with van der Waals surface area (Å²) >= 11 is 0. The van der Waals surface area contributed by atoms with Gasteiger partial charge in [-0.25, -0.2) is 4.79 Å². The molecule has 0 saturated heterocycles. The van der Waals surface area contributed by atoms with Crippen LogP contribution in [0.1, 0.15) is 34.6 Å². The maximum atomic E-state index is 11.6. The van der Waals surface area contributed by atoms with Gasteiger partial charge in [0.05, 0.1) is 5.92 Å². The van der Waals surface area contributed by atoms with Gasteiger partial charge in [0.25, 0.3) is 0 Å². The lowest BCUT2D eigenvalue weighted by Crippen LogP contribution is -2.44. The molecule has 0 bridgehead atoms. The molecule has 1 amide bonds. The molecule has 0 spiro atoms. The Morgan fingerprint density at radius 1 is 1.25 bits per heavy atom. The number of carboxylic acid groups (broad SMARTS) is 1. The van der Waals surface area contributed by atoms with Crippen LogP contribution in [0.3, 0.4) is 0 Å². The quantitative estimate of drug-likeness (QED) is 0.806. The standard InChI is InChI=1S/C11H21NO4/c1-7(9(13)14)8(2)12(6)10(15)16-11(3,4)5/h7-8H,1-6H3,(H,13,14). The second kappa shape index (κ2) is 5.18. The number of amides is 1. The summed E-state index contributed by atoms with van der Waals surface area (Å²) in [7, 11) is 1.54. The van der Waals surface area contributed by atoms with Crippen molar-refractivity contribution in [3.63, 3.8) is 0 Å². The minimum absolute atomic E-state index is 0.410. The predicted molar refractivity (Wildman–Crippen MR) is 60.3 cm³/mol. The van der Waals surface area contributed by atoms with E-state index in [1.165, 1.54) is 11.9 Å². The average Bonchev–Trinajstić information content (AvgIpc) is 2.11. The highest BCUT2D eigenvalue weighted by atomic mass is 16.6. The molecule has 1 N–H and O–H groups in total. The average molecular weight is 231 g/mol. The van der Waals surface area contributed by atoms with Crippen molar-refractivity contribution < 1.29 is 19.4 Å². The summed E-state index contributed by atoms with van der Waals surface area (Å²) in [6.45, 7) is 8.55. The Labute approximate surface area is 96.4 Å². The molecule has 0 aromatic carbocycles. The Hall–Kier alpha value is -1.26. The van der Waals surface area contributed by atoms with Crippen molar-refractivity contribution in [2.75, 3.05) is 7.05 Å². The first-order valence-electron chi connectivity index (χ1n) is 5.25. The fourth-order valence-corrected chi connectivity index (χ4v) is 1.04. The summed E-state index contributed by atoms with van der Waals surface area (Å²) in [6.07, 6.45) is -0.506. The summed E-state index contributed by atoms with van der Waals surface area (Å²) in [5.41, 5.74) is -0.572. The maximum Gasteiger partial charge on any atom is 0.410 e. The van der Waals surface area contributed by atoms with E-state index < -0.39 is 29.6 Å². The molecule has 2 atom stereocenters. The molecule has 0 rings (SSSR count). The Bertz CT molecular complexity index is 270. The van der Waals surface area contributed by atoms with Crippen molar-refractivity contribution in [1.82, 2.24) is 4.90 Å². The van der Waals surface area contributed by atoms with E-state index in [0.717, 1.165) is 0 Å². The van der Waals surface area contributed by atoms with Crippen molar-refractivity contribution in [3.05, 3.63) is 0 Å². The van der Waals surface area contributed by atoms with Crippen molar-refractivity contribution in [2.24, 2.45) is 5.92 Å². The molecule has 0 aliphatic heterocycles. The number of rotatable bonds is 3. The molecule has 0 aromatic rings. The van der Waals surface area contributed by atoms with Gasteiger partial charge in [0.1, 0.15) is 5.60 Å². The number of nitrogens with zero attached hydrogens (tertiary/aromatic N) is 1. The van der Waals surface area contributed by atoms with Crippen LogP contribution in [0.15, 0.2) is 0 Å². The number of carboxylic acids is 1. The number of ether oxygens (including phenoxy) is 1. The van der Waals surface area contributed by atoms with E-state index in [4.69, 9.17) is 9.84 Å². The van der Waals surface area contributed by atoms with Gasteiger partial charge in [-0.1, -0.05) is 0 Å². The molecule has 94 valence electrons. The third-order valence-corrected chi connectivity index (χ3v) is 2.41. The normalized spacial score (nSPS) is 15.1. The highest BCUT2D eigenvalue weighted by molar-refractivity contribution is 5.73. The van der Waals surface area contributed by atoms with Crippen LogP contribution >= 0.6 is 0 Å². The van der Waals surface area contributed by atoms with Crippen LogP contribution in [-0.4, -0.2) is 40.8 Å². The minimum Gasteiger partial charge on any atom is -0.481 e. The molecular formula is C11H21NO4. The van der Waals surface area contributed by atoms with E-state index in [-0.39, 0.29) is 0 Å². The van der Waals surface area contributed by atoms with Gasteiger partial charge in [0.15, 0.2) is 0 Å². The van der Waals surface area contributed by atoms with Gasteiger partial charge in [-0.3, -0.25) is 4.79 Å². The lowest BCUT2D eigenvalue weighted by molar-refractivity contribution is -0.142. The second-order valence-electron chi connectivity index (χ2n) is 4.96. The Morgan fingerprint density at radius 2 is 1.69 bits per heavy atom. The van der Waals surface area contributed by atoms with E-state index >= 15 is 0 Å². The van der Waals surface area contributed by atoms with Gasteiger partial charge in [-0.05, 0) is 34.6 Å². The summed E-state index contributed by atoms with van der Waals surface area (Å²) < 4.78 is 5.14. The molecule has 0 heterocycles. The van der Waals surface area contributed by atoms with Crippen LogP contribution in [-0.2, 0) is 9.53 Å². The molecule has 0 fully saturated rings. The molecular weight excluding hydrogens is 210 g/mol. The Morgan fingerprint density at radius 3 is 2.00 bits per heavy atom. The summed E-state index contributed by atoms with van der Waals surface area (Å²) in [6, 6.07) is -0.410. The van der Waals surface area contributed by atoms with E-state index in [1.807, 2.05) is 0 Å². The molecule has 5 heteroatoms. The second-order valence-corrected chi connectivity index (χ2v) is 4.96. The number of aliphatic carboxylic acids is 1. The third-order valence-electron chi connectivity index (χ3n) is 2.41. The molecule has 0 aliphatic rings. The summed E-state index contributed by atoms with van der Waals surface area (Å²) in [5.74, 6) is -1.56. The van der Waals surface area contributed by atoms with Crippen LogP contribution in [0, 0.1) is 5.92 Å². The van der Waals surface area contributed by atoms with Gasteiger partial charge in [0.2, 0.25) is 0 Å². The SMILES string of the molecule is CC(C(=O)O)C(C)N(C)C(=O)OC(C)(C)C.